The van der Waals surface area contributed by atoms with E-state index in [0.717, 1.165) is 12.8 Å². The average molecular weight is 322 g/mol. The number of Topliss-reactive ketones (excluding diaryl/α,β-unsaturated/α-hetero) is 2. The second-order valence-corrected chi connectivity index (χ2v) is 8.82. The number of hydrogen-bond acceptors (Lipinski definition) is 4. The number of carbonyl (C=O) groups is 2. The molecule has 0 bridgehead atoms. The van der Waals surface area contributed by atoms with E-state index in [9.17, 15) is 9.59 Å². The Hall–Kier alpha value is -1.30. The molecule has 0 radical (unpaired) electrons. The summed E-state index contributed by atoms with van der Waals surface area (Å²) in [7, 11) is 0.187. The second-order valence-electron chi connectivity index (χ2n) is 5.31. The number of hydrogen-bond donors (Lipinski definition) is 0. The summed E-state index contributed by atoms with van der Waals surface area (Å²) in [6.07, 6.45) is 2.15. The van der Waals surface area contributed by atoms with Crippen molar-refractivity contribution in [3.63, 3.8) is 0 Å². The largest absolute Gasteiger partial charge is 0.397 e. The highest BCUT2D eigenvalue weighted by Crippen LogP contribution is 2.34. The van der Waals surface area contributed by atoms with Gasteiger partial charge in [0, 0.05) is 26.2 Å². The molecule has 1 atom stereocenters. The van der Waals surface area contributed by atoms with Gasteiger partial charge in [0.2, 0.25) is 0 Å². The van der Waals surface area contributed by atoms with Crippen LogP contribution in [-0.2, 0) is 13.6 Å². The van der Waals surface area contributed by atoms with Gasteiger partial charge in [0.05, 0.1) is 0 Å². The molecule has 1 aromatic carbocycles. The Labute approximate surface area is 134 Å². The van der Waals surface area contributed by atoms with Crippen LogP contribution in [0.5, 0.6) is 0 Å². The SMILES string of the molecule is CCCC[Si](OC)(OC)C(C(=O)CC)C(=O)c1ccccc1. The number of carbonyl (C=O) groups excluding carboxylic acids is 2. The van der Waals surface area contributed by atoms with Gasteiger partial charge in [-0.1, -0.05) is 57.0 Å². The minimum Gasteiger partial charge on any atom is -0.397 e. The molecule has 0 saturated heterocycles. The van der Waals surface area contributed by atoms with Gasteiger partial charge < -0.3 is 8.85 Å². The van der Waals surface area contributed by atoms with Crippen LogP contribution in [0.15, 0.2) is 30.3 Å². The maximum atomic E-state index is 12.9. The van der Waals surface area contributed by atoms with Crippen LogP contribution in [0.25, 0.3) is 0 Å². The van der Waals surface area contributed by atoms with Crippen molar-refractivity contribution in [3.05, 3.63) is 35.9 Å². The number of ketones is 2. The van der Waals surface area contributed by atoms with Crippen LogP contribution in [0, 0.1) is 0 Å². The molecule has 0 amide bonds. The van der Waals surface area contributed by atoms with Gasteiger partial charge in [-0.3, -0.25) is 9.59 Å². The van der Waals surface area contributed by atoms with Gasteiger partial charge in [0.1, 0.15) is 11.3 Å². The van der Waals surface area contributed by atoms with E-state index in [-0.39, 0.29) is 11.6 Å². The molecule has 0 N–H and O–H groups in total. The molecule has 4 nitrogen and oxygen atoms in total. The van der Waals surface area contributed by atoms with Crippen molar-refractivity contribution >= 4 is 20.1 Å². The van der Waals surface area contributed by atoms with Gasteiger partial charge in [-0.05, 0) is 6.04 Å². The molecule has 0 saturated carbocycles. The summed E-state index contributed by atoms with van der Waals surface area (Å²) in [5.41, 5.74) is -0.266. The van der Waals surface area contributed by atoms with Gasteiger partial charge in [-0.2, -0.15) is 0 Å². The Balaban J connectivity index is 3.25. The Morgan fingerprint density at radius 1 is 1.09 bits per heavy atom. The maximum absolute atomic E-state index is 12.9. The van der Waals surface area contributed by atoms with E-state index in [4.69, 9.17) is 8.85 Å². The van der Waals surface area contributed by atoms with Crippen LogP contribution in [0.1, 0.15) is 43.5 Å². The van der Waals surface area contributed by atoms with Crippen LogP contribution < -0.4 is 0 Å². The van der Waals surface area contributed by atoms with Crippen molar-refractivity contribution in [1.29, 1.82) is 0 Å². The van der Waals surface area contributed by atoms with Crippen molar-refractivity contribution in [2.45, 2.75) is 44.7 Å². The molecule has 0 heterocycles. The summed E-state index contributed by atoms with van der Waals surface area (Å²) < 4.78 is 11.4. The fraction of sp³-hybridized carbons (Fsp3) is 0.529. The zero-order chi connectivity index (χ0) is 16.6. The van der Waals surface area contributed by atoms with Gasteiger partial charge in [-0.15, -0.1) is 0 Å². The lowest BCUT2D eigenvalue weighted by Gasteiger charge is -2.33. The molecular formula is C17H26O4Si. The molecule has 0 aliphatic rings. The Morgan fingerprint density at radius 3 is 2.14 bits per heavy atom. The van der Waals surface area contributed by atoms with Crippen LogP contribution >= 0.6 is 0 Å². The number of unbranched alkanes of at least 4 members (excludes halogenated alkanes) is 1. The summed E-state index contributed by atoms with van der Waals surface area (Å²) in [4.78, 5) is 25.4. The van der Waals surface area contributed by atoms with Crippen molar-refractivity contribution < 1.29 is 18.4 Å². The minimum atomic E-state index is -2.92. The van der Waals surface area contributed by atoms with Crippen molar-refractivity contribution in [1.82, 2.24) is 0 Å². The van der Waals surface area contributed by atoms with Gasteiger partial charge in [0.25, 0.3) is 0 Å². The average Bonchev–Trinajstić information content (AvgIpc) is 2.58. The topological polar surface area (TPSA) is 52.6 Å². The highest BCUT2D eigenvalue weighted by Gasteiger charge is 2.51. The van der Waals surface area contributed by atoms with E-state index in [2.05, 4.69) is 6.92 Å². The molecule has 0 aliphatic heterocycles. The molecule has 1 rings (SSSR count). The van der Waals surface area contributed by atoms with E-state index in [1.807, 2.05) is 6.07 Å². The molecular weight excluding hydrogens is 296 g/mol. The van der Waals surface area contributed by atoms with Crippen LogP contribution in [0.2, 0.25) is 11.6 Å². The predicted octanol–water partition coefficient (Wildman–Crippen LogP) is 3.75. The molecule has 22 heavy (non-hydrogen) atoms. The summed E-state index contributed by atoms with van der Waals surface area (Å²) in [6.45, 7) is 3.85. The highest BCUT2D eigenvalue weighted by molar-refractivity contribution is 6.77. The van der Waals surface area contributed by atoms with Gasteiger partial charge >= 0.3 is 8.56 Å². The van der Waals surface area contributed by atoms with E-state index >= 15 is 0 Å². The normalized spacial score (nSPS) is 12.9. The quantitative estimate of drug-likeness (QED) is 0.374. The summed E-state index contributed by atoms with van der Waals surface area (Å²) >= 11 is 0. The molecule has 5 heteroatoms. The lowest BCUT2D eigenvalue weighted by molar-refractivity contribution is -0.118. The lowest BCUT2D eigenvalue weighted by atomic mass is 10.0. The summed E-state index contributed by atoms with van der Waals surface area (Å²) in [5.74, 6) is -0.278. The third-order valence-electron chi connectivity index (χ3n) is 4.00. The predicted molar refractivity (Wildman–Crippen MR) is 89.3 cm³/mol. The third-order valence-corrected chi connectivity index (χ3v) is 7.90. The zero-order valence-electron chi connectivity index (χ0n) is 13.9. The van der Waals surface area contributed by atoms with Crippen LogP contribution in [-0.4, -0.2) is 34.3 Å². The highest BCUT2D eigenvalue weighted by atomic mass is 28.4. The lowest BCUT2D eigenvalue weighted by Crippen LogP contribution is -2.51. The van der Waals surface area contributed by atoms with Gasteiger partial charge in [0.15, 0.2) is 5.78 Å². The molecule has 0 fully saturated rings. The summed E-state index contributed by atoms with van der Waals surface area (Å²) in [5, 5.41) is 0. The van der Waals surface area contributed by atoms with Crippen LogP contribution in [0.4, 0.5) is 0 Å². The first-order valence-corrected chi connectivity index (χ1v) is 9.88. The first kappa shape index (κ1) is 18.7. The second kappa shape index (κ2) is 8.98. The Morgan fingerprint density at radius 2 is 1.68 bits per heavy atom. The fourth-order valence-corrected chi connectivity index (χ4v) is 6.10. The van der Waals surface area contributed by atoms with Crippen molar-refractivity contribution in [2.24, 2.45) is 0 Å². The first-order chi connectivity index (χ1) is 10.6. The first-order valence-electron chi connectivity index (χ1n) is 7.78. The Bertz CT molecular complexity index is 483. The van der Waals surface area contributed by atoms with Crippen molar-refractivity contribution in [2.75, 3.05) is 14.2 Å². The van der Waals surface area contributed by atoms with E-state index in [0.29, 0.717) is 18.0 Å². The smallest absolute Gasteiger partial charge is 0.356 e. The summed E-state index contributed by atoms with van der Waals surface area (Å²) in [6, 6.07) is 9.57. The standard InChI is InChI=1S/C17H26O4Si/c1-5-7-13-22(20-3,21-4)17(15(18)6-2)16(19)14-11-9-8-10-12-14/h8-12,17H,5-7,13H2,1-4H3. The van der Waals surface area contributed by atoms with E-state index < -0.39 is 14.1 Å². The van der Waals surface area contributed by atoms with Gasteiger partial charge in [-0.25, -0.2) is 0 Å². The monoisotopic (exact) mass is 322 g/mol. The molecule has 0 spiro atoms. The van der Waals surface area contributed by atoms with E-state index in [1.54, 1.807) is 45.4 Å². The molecule has 0 aromatic heterocycles. The van der Waals surface area contributed by atoms with Crippen molar-refractivity contribution in [3.8, 4) is 0 Å². The maximum Gasteiger partial charge on any atom is 0.356 e. The minimum absolute atomic E-state index is 0.0969. The van der Waals surface area contributed by atoms with Crippen LogP contribution in [0.3, 0.4) is 0 Å². The number of benzene rings is 1. The third kappa shape index (κ3) is 4.12. The van der Waals surface area contributed by atoms with E-state index in [1.165, 1.54) is 0 Å². The fourth-order valence-electron chi connectivity index (χ4n) is 2.66. The molecule has 1 unspecified atom stereocenters. The molecule has 0 aliphatic carbocycles. The molecule has 1 aromatic rings. The number of rotatable bonds is 10. The Kier molecular flexibility index (Phi) is 7.65. The molecule has 122 valence electrons. The zero-order valence-corrected chi connectivity index (χ0v) is 14.9.